The first kappa shape index (κ1) is 22.7. The summed E-state index contributed by atoms with van der Waals surface area (Å²) >= 11 is 0. The van der Waals surface area contributed by atoms with Gasteiger partial charge in [-0.1, -0.05) is 18.2 Å². The summed E-state index contributed by atoms with van der Waals surface area (Å²) in [6, 6.07) is 18.0. The fourth-order valence-corrected chi connectivity index (χ4v) is 5.14. The summed E-state index contributed by atoms with van der Waals surface area (Å²) in [5.41, 5.74) is 3.87. The van der Waals surface area contributed by atoms with Gasteiger partial charge < -0.3 is 5.32 Å². The van der Waals surface area contributed by atoms with Crippen LogP contribution in [0.25, 0.3) is 5.69 Å². The van der Waals surface area contributed by atoms with Crippen molar-refractivity contribution in [2.75, 3.05) is 10.0 Å². The Kier molecular flexibility index (Phi) is 5.81. The zero-order chi connectivity index (χ0) is 24.6. The molecule has 5 rings (SSSR count). The maximum absolute atomic E-state index is 13.4. The second-order valence-electron chi connectivity index (χ2n) is 8.09. The van der Waals surface area contributed by atoms with Crippen LogP contribution in [0.1, 0.15) is 28.2 Å². The molecule has 0 saturated heterocycles. The lowest BCUT2D eigenvalue weighted by molar-refractivity contribution is 0.102. The minimum Gasteiger partial charge on any atom is -0.321 e. The number of hydrogen-bond acceptors (Lipinski definition) is 4. The highest BCUT2D eigenvalue weighted by molar-refractivity contribution is 7.92. The summed E-state index contributed by atoms with van der Waals surface area (Å²) in [5, 5.41) is 7.37. The molecular formula is C25H20F2N4O3S. The fourth-order valence-electron chi connectivity index (χ4n) is 4.07. The number of amides is 1. The first-order chi connectivity index (χ1) is 16.8. The van der Waals surface area contributed by atoms with Gasteiger partial charge in [0.05, 0.1) is 10.6 Å². The molecule has 1 heterocycles. The molecule has 0 radical (unpaired) electrons. The molecular weight excluding hydrogens is 474 g/mol. The van der Waals surface area contributed by atoms with Crippen LogP contribution in [-0.2, 0) is 22.9 Å². The van der Waals surface area contributed by atoms with Gasteiger partial charge in [-0.05, 0) is 73.9 Å². The van der Waals surface area contributed by atoms with E-state index in [-0.39, 0.29) is 11.6 Å². The fraction of sp³-hybridized carbons (Fsp3) is 0.120. The molecule has 4 aromatic rings. The maximum Gasteiger partial charge on any atom is 0.276 e. The Labute approximate surface area is 200 Å². The van der Waals surface area contributed by atoms with Crippen LogP contribution >= 0.6 is 0 Å². The Hall–Kier alpha value is -4.05. The van der Waals surface area contributed by atoms with Gasteiger partial charge in [-0.25, -0.2) is 21.9 Å². The minimum atomic E-state index is -4.12. The molecule has 0 saturated carbocycles. The van der Waals surface area contributed by atoms with Gasteiger partial charge in [0.15, 0.2) is 17.3 Å². The molecule has 0 spiro atoms. The van der Waals surface area contributed by atoms with Gasteiger partial charge >= 0.3 is 0 Å². The first-order valence-corrected chi connectivity index (χ1v) is 12.4. The Morgan fingerprint density at radius 2 is 1.60 bits per heavy atom. The van der Waals surface area contributed by atoms with Crippen molar-refractivity contribution in [3.05, 3.63) is 101 Å². The van der Waals surface area contributed by atoms with Crippen LogP contribution in [0.3, 0.4) is 0 Å². The quantitative estimate of drug-likeness (QED) is 0.407. The highest BCUT2D eigenvalue weighted by Crippen LogP contribution is 2.28. The molecule has 35 heavy (non-hydrogen) atoms. The summed E-state index contributed by atoms with van der Waals surface area (Å²) in [6.07, 6.45) is 2.57. The number of hydrogen-bond donors (Lipinski definition) is 2. The second-order valence-corrected chi connectivity index (χ2v) is 9.77. The number of fused-ring (bicyclic) bond motifs is 1. The molecule has 0 aliphatic heterocycles. The van der Waals surface area contributed by atoms with E-state index in [0.29, 0.717) is 17.4 Å². The predicted molar refractivity (Wildman–Crippen MR) is 127 cm³/mol. The van der Waals surface area contributed by atoms with Crippen LogP contribution in [-0.4, -0.2) is 24.1 Å². The van der Waals surface area contributed by atoms with Gasteiger partial charge in [0.25, 0.3) is 15.9 Å². The van der Waals surface area contributed by atoms with Crippen molar-refractivity contribution >= 4 is 27.3 Å². The lowest BCUT2D eigenvalue weighted by Gasteiger charge is -2.10. The van der Waals surface area contributed by atoms with Crippen LogP contribution in [0.5, 0.6) is 0 Å². The van der Waals surface area contributed by atoms with E-state index >= 15 is 0 Å². The molecule has 2 N–H and O–H groups in total. The van der Waals surface area contributed by atoms with Crippen molar-refractivity contribution in [1.29, 1.82) is 0 Å². The van der Waals surface area contributed by atoms with Crippen molar-refractivity contribution < 1.29 is 22.0 Å². The maximum atomic E-state index is 13.4. The van der Waals surface area contributed by atoms with Gasteiger partial charge in [-0.3, -0.25) is 9.52 Å². The summed E-state index contributed by atoms with van der Waals surface area (Å²) in [7, 11) is -4.12. The normalized spacial score (nSPS) is 12.9. The molecule has 0 fully saturated rings. The number of aromatic nitrogens is 2. The van der Waals surface area contributed by atoms with Crippen molar-refractivity contribution in [1.82, 2.24) is 9.78 Å². The van der Waals surface area contributed by atoms with E-state index in [1.807, 2.05) is 35.0 Å². The number of nitrogens with one attached hydrogen (secondary N) is 2. The third kappa shape index (κ3) is 4.52. The van der Waals surface area contributed by atoms with E-state index < -0.39 is 26.6 Å². The molecule has 1 aliphatic carbocycles. The zero-order valence-corrected chi connectivity index (χ0v) is 19.1. The number of sulfonamides is 1. The van der Waals surface area contributed by atoms with E-state index in [1.165, 1.54) is 24.3 Å². The number of carbonyl (C=O) groups excluding carboxylic acids is 1. The summed E-state index contributed by atoms with van der Waals surface area (Å²) in [4.78, 5) is 12.6. The van der Waals surface area contributed by atoms with Crippen LogP contribution in [0.2, 0.25) is 0 Å². The smallest absolute Gasteiger partial charge is 0.276 e. The van der Waals surface area contributed by atoms with Gasteiger partial charge in [0.2, 0.25) is 0 Å². The van der Waals surface area contributed by atoms with Gasteiger partial charge in [0.1, 0.15) is 0 Å². The van der Waals surface area contributed by atoms with Crippen molar-refractivity contribution in [2.45, 2.75) is 24.2 Å². The number of carbonyl (C=O) groups is 1. The topological polar surface area (TPSA) is 93.1 Å². The van der Waals surface area contributed by atoms with E-state index in [1.54, 1.807) is 0 Å². The number of nitrogens with zero attached hydrogens (tertiary/aromatic N) is 2. The number of rotatable bonds is 6. The molecule has 1 aliphatic rings. The number of anilines is 2. The second kappa shape index (κ2) is 8.95. The van der Waals surface area contributed by atoms with E-state index in [4.69, 9.17) is 0 Å². The first-order valence-electron chi connectivity index (χ1n) is 10.9. The third-order valence-corrected chi connectivity index (χ3v) is 7.12. The third-order valence-electron chi connectivity index (χ3n) is 5.74. The molecule has 1 aromatic heterocycles. The SMILES string of the molecule is O=C(Nc1ccc(NS(=O)(=O)c2ccc(F)c(F)c2)cc1)c1nn(-c2ccccc2)c2c1CCC2. The number of benzene rings is 3. The summed E-state index contributed by atoms with van der Waals surface area (Å²) in [6.45, 7) is 0. The Morgan fingerprint density at radius 1 is 0.886 bits per heavy atom. The average molecular weight is 495 g/mol. The molecule has 1 amide bonds. The largest absolute Gasteiger partial charge is 0.321 e. The molecule has 178 valence electrons. The molecule has 7 nitrogen and oxygen atoms in total. The predicted octanol–water partition coefficient (Wildman–Crippen LogP) is 4.69. The number of halogens is 2. The van der Waals surface area contributed by atoms with Crippen LogP contribution < -0.4 is 10.0 Å². The molecule has 0 atom stereocenters. The van der Waals surface area contributed by atoms with Gasteiger partial charge in [-0.15, -0.1) is 0 Å². The van der Waals surface area contributed by atoms with E-state index in [0.717, 1.165) is 48.3 Å². The van der Waals surface area contributed by atoms with E-state index in [2.05, 4.69) is 15.1 Å². The Balaban J connectivity index is 1.32. The van der Waals surface area contributed by atoms with Crippen LogP contribution in [0.4, 0.5) is 20.2 Å². The van der Waals surface area contributed by atoms with Gasteiger partial charge in [0, 0.05) is 22.6 Å². The van der Waals surface area contributed by atoms with Crippen molar-refractivity contribution in [3.63, 3.8) is 0 Å². The summed E-state index contributed by atoms with van der Waals surface area (Å²) < 4.78 is 55.6. The minimum absolute atomic E-state index is 0.196. The Morgan fingerprint density at radius 3 is 2.31 bits per heavy atom. The lowest BCUT2D eigenvalue weighted by Crippen LogP contribution is -2.15. The zero-order valence-electron chi connectivity index (χ0n) is 18.3. The lowest BCUT2D eigenvalue weighted by atomic mass is 10.2. The van der Waals surface area contributed by atoms with Crippen molar-refractivity contribution in [3.8, 4) is 5.69 Å². The monoisotopic (exact) mass is 494 g/mol. The van der Waals surface area contributed by atoms with Gasteiger partial charge in [-0.2, -0.15) is 5.10 Å². The molecule has 0 unspecified atom stereocenters. The standard InChI is InChI=1S/C25H20F2N4O3S/c26-21-14-13-19(15-22(21)27)35(33,34)30-17-11-9-16(10-12-17)28-25(32)24-20-7-4-8-23(20)31(29-24)18-5-2-1-3-6-18/h1-3,5-6,9-15,30H,4,7-8H2,(H,28,32). The average Bonchev–Trinajstić information content (AvgIpc) is 3.45. The highest BCUT2D eigenvalue weighted by Gasteiger charge is 2.27. The highest BCUT2D eigenvalue weighted by atomic mass is 32.2. The molecule has 0 bridgehead atoms. The number of para-hydroxylation sites is 1. The molecule has 3 aromatic carbocycles. The Bertz CT molecular complexity index is 1520. The van der Waals surface area contributed by atoms with Crippen LogP contribution in [0, 0.1) is 11.6 Å². The molecule has 10 heteroatoms. The van der Waals surface area contributed by atoms with E-state index in [9.17, 15) is 22.0 Å². The summed E-state index contributed by atoms with van der Waals surface area (Å²) in [5.74, 6) is -2.75. The van der Waals surface area contributed by atoms with Crippen LogP contribution in [0.15, 0.2) is 77.7 Å². The van der Waals surface area contributed by atoms with Crippen molar-refractivity contribution in [2.24, 2.45) is 0 Å².